The average molecular weight is 639 g/mol. The molecule has 3 aromatic carbocycles. The predicted octanol–water partition coefficient (Wildman–Crippen LogP) is 8.04. The van der Waals surface area contributed by atoms with E-state index in [2.05, 4.69) is 0 Å². The minimum absolute atomic E-state index is 0.0424. The first-order valence-electron chi connectivity index (χ1n) is 14.9. The summed E-state index contributed by atoms with van der Waals surface area (Å²) in [5.74, 6) is 0.320. The number of phenols is 1. The largest absolute Gasteiger partial charge is 0.508 e. The highest BCUT2D eigenvalue weighted by Gasteiger charge is 2.34. The zero-order chi connectivity index (χ0) is 34.1. The highest BCUT2D eigenvalue weighted by molar-refractivity contribution is 5.99. The van der Waals surface area contributed by atoms with Gasteiger partial charge in [0.05, 0.1) is 12.1 Å². The Labute approximate surface area is 268 Å². The number of halogens is 3. The molecule has 7 nitrogen and oxygen atoms in total. The molecular formula is C36H41F3N2O5. The summed E-state index contributed by atoms with van der Waals surface area (Å²) in [5.41, 5.74) is 1.06. The monoisotopic (exact) mass is 638 g/mol. The van der Waals surface area contributed by atoms with Crippen LogP contribution in [0.2, 0.25) is 0 Å². The highest BCUT2D eigenvalue weighted by atomic mass is 19.4. The summed E-state index contributed by atoms with van der Waals surface area (Å²) < 4.78 is 53.5. The lowest BCUT2D eigenvalue weighted by Crippen LogP contribution is -2.39. The Balaban J connectivity index is 1.90. The van der Waals surface area contributed by atoms with Crippen LogP contribution in [0.3, 0.4) is 0 Å². The van der Waals surface area contributed by atoms with Gasteiger partial charge >= 0.3 is 12.3 Å². The Hall–Kier alpha value is -4.73. The maximum atomic E-state index is 14.0. The first-order valence-corrected chi connectivity index (χ1v) is 14.9. The summed E-state index contributed by atoms with van der Waals surface area (Å²) in [6, 6.07) is 18.8. The molecule has 0 saturated carbocycles. The van der Waals surface area contributed by atoms with Gasteiger partial charge in [-0.15, -0.1) is 0 Å². The molecule has 246 valence electrons. The molecule has 0 aromatic heterocycles. The summed E-state index contributed by atoms with van der Waals surface area (Å²) in [6.07, 6.45) is -1.81. The third-order valence-electron chi connectivity index (χ3n) is 6.82. The zero-order valence-corrected chi connectivity index (χ0v) is 27.0. The van der Waals surface area contributed by atoms with E-state index in [0.717, 1.165) is 6.07 Å². The number of nitrogens with zero attached hydrogens (tertiary/aromatic N) is 2. The van der Waals surface area contributed by atoms with Crippen LogP contribution in [0.4, 0.5) is 18.0 Å². The number of aromatic hydroxyl groups is 1. The van der Waals surface area contributed by atoms with E-state index in [9.17, 15) is 27.9 Å². The fourth-order valence-corrected chi connectivity index (χ4v) is 4.64. The van der Waals surface area contributed by atoms with Crippen LogP contribution in [0.1, 0.15) is 56.4 Å². The highest BCUT2D eigenvalue weighted by Crippen LogP contribution is 2.41. The second kappa shape index (κ2) is 15.5. The number of phenolic OH excluding ortho intramolecular Hbond substituents is 1. The minimum Gasteiger partial charge on any atom is -0.508 e. The maximum absolute atomic E-state index is 14.0. The lowest BCUT2D eigenvalue weighted by molar-refractivity contribution is -0.137. The molecule has 0 aliphatic heterocycles. The zero-order valence-electron chi connectivity index (χ0n) is 27.0. The fraction of sp³-hybridized carbons (Fsp3) is 0.333. The third kappa shape index (κ3) is 10.2. The van der Waals surface area contributed by atoms with Crippen molar-refractivity contribution in [3.05, 3.63) is 107 Å². The van der Waals surface area contributed by atoms with Crippen molar-refractivity contribution in [2.45, 2.75) is 45.9 Å². The van der Waals surface area contributed by atoms with E-state index in [1.807, 2.05) is 6.92 Å². The van der Waals surface area contributed by atoms with Gasteiger partial charge in [-0.05, 0) is 85.4 Å². The number of hydrogen-bond acceptors (Lipinski definition) is 5. The molecule has 2 amide bonds. The van der Waals surface area contributed by atoms with Crippen LogP contribution in [-0.2, 0) is 15.7 Å². The Bertz CT molecular complexity index is 1540. The first kappa shape index (κ1) is 35.7. The van der Waals surface area contributed by atoms with Crippen LogP contribution in [0.15, 0.2) is 84.9 Å². The second-order valence-electron chi connectivity index (χ2n) is 11.7. The van der Waals surface area contributed by atoms with E-state index in [1.54, 1.807) is 83.4 Å². The van der Waals surface area contributed by atoms with Gasteiger partial charge in [0.1, 0.15) is 23.7 Å². The Morgan fingerprint density at radius 3 is 2.02 bits per heavy atom. The number of hydrogen-bond donors (Lipinski definition) is 1. The van der Waals surface area contributed by atoms with Crippen molar-refractivity contribution in [1.82, 2.24) is 9.80 Å². The number of alkyl halides is 3. The van der Waals surface area contributed by atoms with Gasteiger partial charge in [0.2, 0.25) is 5.91 Å². The summed E-state index contributed by atoms with van der Waals surface area (Å²) >= 11 is 0. The van der Waals surface area contributed by atoms with Crippen LogP contribution < -0.4 is 4.74 Å². The number of allylic oxidation sites excluding steroid dienone is 1. The number of amides is 2. The molecule has 46 heavy (non-hydrogen) atoms. The standard InChI is InChI=1S/C36H41F3N2O5/c1-7-29(30-11-8-9-12-31(30)36(37,38)39)33(25-14-18-27(42)19-15-25)26-16-20-28(21-17-26)45-24-23-41(34(44)46-35(2,3)4)22-10-13-32(43)40(5)6/h8-21,42H,7,22-24H2,1-6H3/b13-10+,33-29-. The van der Waals surface area contributed by atoms with Crippen molar-refractivity contribution >= 4 is 23.1 Å². The average Bonchev–Trinajstić information content (AvgIpc) is 2.98. The molecule has 0 fully saturated rings. The molecule has 3 aromatic rings. The van der Waals surface area contributed by atoms with Crippen molar-refractivity contribution in [3.8, 4) is 11.5 Å². The Morgan fingerprint density at radius 1 is 0.891 bits per heavy atom. The molecule has 0 atom stereocenters. The van der Waals surface area contributed by atoms with Crippen LogP contribution >= 0.6 is 0 Å². The second-order valence-corrected chi connectivity index (χ2v) is 11.7. The molecule has 0 saturated heterocycles. The van der Waals surface area contributed by atoms with Crippen LogP contribution in [0.25, 0.3) is 11.1 Å². The van der Waals surface area contributed by atoms with Gasteiger partial charge in [-0.25, -0.2) is 4.79 Å². The van der Waals surface area contributed by atoms with E-state index < -0.39 is 23.4 Å². The van der Waals surface area contributed by atoms with Gasteiger partial charge in [0.25, 0.3) is 0 Å². The van der Waals surface area contributed by atoms with Crippen molar-refractivity contribution in [3.63, 3.8) is 0 Å². The maximum Gasteiger partial charge on any atom is 0.416 e. The van der Waals surface area contributed by atoms with Gasteiger partial charge in [-0.1, -0.05) is 55.5 Å². The van der Waals surface area contributed by atoms with E-state index in [-0.39, 0.29) is 36.9 Å². The summed E-state index contributed by atoms with van der Waals surface area (Å²) in [5, 5.41) is 9.88. The van der Waals surface area contributed by atoms with E-state index in [0.29, 0.717) is 34.4 Å². The fourth-order valence-electron chi connectivity index (χ4n) is 4.64. The summed E-state index contributed by atoms with van der Waals surface area (Å²) in [7, 11) is 3.26. The minimum atomic E-state index is -4.54. The quantitative estimate of drug-likeness (QED) is 0.170. The van der Waals surface area contributed by atoms with Crippen molar-refractivity contribution in [1.29, 1.82) is 0 Å². The predicted molar refractivity (Wildman–Crippen MR) is 173 cm³/mol. The molecule has 0 aliphatic rings. The molecule has 0 radical (unpaired) electrons. The first-order chi connectivity index (χ1) is 21.6. The van der Waals surface area contributed by atoms with Gasteiger partial charge in [-0.3, -0.25) is 4.79 Å². The Kier molecular flexibility index (Phi) is 12.1. The van der Waals surface area contributed by atoms with Crippen LogP contribution in [-0.4, -0.2) is 66.3 Å². The summed E-state index contributed by atoms with van der Waals surface area (Å²) in [6.45, 7) is 7.52. The number of likely N-dealkylation sites (N-methyl/N-ethyl adjacent to an activating group) is 1. The lowest BCUT2D eigenvalue weighted by Gasteiger charge is -2.26. The number of benzene rings is 3. The molecule has 0 bridgehead atoms. The molecular weight excluding hydrogens is 597 g/mol. The van der Waals surface area contributed by atoms with Crippen LogP contribution in [0, 0.1) is 0 Å². The van der Waals surface area contributed by atoms with Crippen molar-refractivity contribution < 1.29 is 37.3 Å². The molecule has 0 aliphatic carbocycles. The third-order valence-corrected chi connectivity index (χ3v) is 6.82. The molecule has 0 heterocycles. The van der Waals surface area contributed by atoms with Crippen LogP contribution in [0.5, 0.6) is 11.5 Å². The Morgan fingerprint density at radius 2 is 1.48 bits per heavy atom. The lowest BCUT2D eigenvalue weighted by atomic mass is 9.86. The topological polar surface area (TPSA) is 79.3 Å². The van der Waals surface area contributed by atoms with E-state index in [4.69, 9.17) is 9.47 Å². The van der Waals surface area contributed by atoms with Crippen molar-refractivity contribution in [2.24, 2.45) is 0 Å². The number of ether oxygens (including phenoxy) is 2. The molecule has 0 spiro atoms. The molecule has 3 rings (SSSR count). The van der Waals surface area contributed by atoms with Gasteiger partial charge in [0.15, 0.2) is 0 Å². The van der Waals surface area contributed by atoms with Gasteiger partial charge in [0, 0.05) is 26.7 Å². The van der Waals surface area contributed by atoms with Gasteiger partial charge < -0.3 is 24.4 Å². The smallest absolute Gasteiger partial charge is 0.416 e. The van der Waals surface area contributed by atoms with Crippen molar-refractivity contribution in [2.75, 3.05) is 33.8 Å². The summed E-state index contributed by atoms with van der Waals surface area (Å²) in [4.78, 5) is 27.6. The number of carbonyl (C=O) groups is 2. The molecule has 0 unspecified atom stereocenters. The van der Waals surface area contributed by atoms with E-state index >= 15 is 0 Å². The van der Waals surface area contributed by atoms with Gasteiger partial charge in [-0.2, -0.15) is 13.2 Å². The number of carbonyl (C=O) groups excluding carboxylic acids is 2. The normalized spacial score (nSPS) is 12.5. The number of rotatable bonds is 11. The SMILES string of the molecule is CC/C(=C(\c1ccc(O)cc1)c1ccc(OCCN(C/C=C/C(=O)N(C)C)C(=O)OC(C)(C)C)cc1)c1ccccc1C(F)(F)F. The van der Waals surface area contributed by atoms with E-state index in [1.165, 1.54) is 40.1 Å². The molecule has 10 heteroatoms. The molecule has 1 N–H and O–H groups in total.